The van der Waals surface area contributed by atoms with Gasteiger partial charge < -0.3 is 9.52 Å². The molecule has 7 nitrogen and oxygen atoms in total. The highest BCUT2D eigenvalue weighted by Gasteiger charge is 2.46. The second-order valence-electron chi connectivity index (χ2n) is 7.24. The van der Waals surface area contributed by atoms with Crippen LogP contribution in [0.25, 0.3) is 11.0 Å². The first-order valence-corrected chi connectivity index (χ1v) is 10.4. The van der Waals surface area contributed by atoms with Crippen molar-refractivity contribution in [2.24, 2.45) is 0 Å². The molecule has 3 aromatic heterocycles. The molecule has 4 heterocycles. The molecule has 0 radical (unpaired) electrons. The molecule has 1 amide bonds. The predicted molar refractivity (Wildman–Crippen MR) is 116 cm³/mol. The number of hydrogen-bond acceptors (Lipinski definition) is 7. The second kappa shape index (κ2) is 7.17. The number of aliphatic hydroxyl groups excluding tert-OH is 1. The number of aliphatic hydroxyl groups is 1. The third-order valence-corrected chi connectivity index (χ3v) is 6.42. The number of carbonyl (C=O) groups excluding carboxylic acids is 2. The molecular formula is C23H17N3O4S. The van der Waals surface area contributed by atoms with Crippen LogP contribution in [0.15, 0.2) is 70.6 Å². The van der Waals surface area contributed by atoms with Crippen LogP contribution in [-0.4, -0.2) is 26.8 Å². The van der Waals surface area contributed by atoms with Crippen LogP contribution < -0.4 is 4.90 Å². The fourth-order valence-corrected chi connectivity index (χ4v) is 4.62. The molecule has 0 saturated heterocycles. The van der Waals surface area contributed by atoms with E-state index in [0.29, 0.717) is 16.3 Å². The van der Waals surface area contributed by atoms with Crippen molar-refractivity contribution in [2.45, 2.75) is 19.9 Å². The van der Waals surface area contributed by atoms with Gasteiger partial charge in [-0.05, 0) is 43.7 Å². The first kappa shape index (κ1) is 19.2. The normalized spacial score (nSPS) is 16.5. The van der Waals surface area contributed by atoms with Gasteiger partial charge in [-0.1, -0.05) is 18.2 Å². The van der Waals surface area contributed by atoms with Crippen LogP contribution in [0.3, 0.4) is 0 Å². The van der Waals surface area contributed by atoms with Crippen LogP contribution in [0.5, 0.6) is 0 Å². The minimum atomic E-state index is -0.846. The lowest BCUT2D eigenvalue weighted by Gasteiger charge is -2.24. The van der Waals surface area contributed by atoms with E-state index in [1.54, 1.807) is 36.7 Å². The van der Waals surface area contributed by atoms with Crippen molar-refractivity contribution in [2.75, 3.05) is 4.90 Å². The summed E-state index contributed by atoms with van der Waals surface area (Å²) < 4.78 is 5.72. The van der Waals surface area contributed by atoms with Crippen LogP contribution in [0.2, 0.25) is 0 Å². The van der Waals surface area contributed by atoms with Crippen molar-refractivity contribution in [1.82, 2.24) is 9.97 Å². The maximum Gasteiger partial charge on any atom is 0.296 e. The number of amides is 1. The second-order valence-corrected chi connectivity index (χ2v) is 8.42. The highest BCUT2D eigenvalue weighted by molar-refractivity contribution is 7.15. The van der Waals surface area contributed by atoms with Gasteiger partial charge in [-0.2, -0.15) is 0 Å². The molecule has 0 fully saturated rings. The standard InChI is InChI=1S/C23H17N3O4S/c1-12-13(2)31-23(25-12)26-19(14-7-9-24-10-8-14)18(21(28)22(26)29)20(27)17-11-15-5-3-4-6-16(15)30-17/h3-11,19,28H,1-2H3. The average molecular weight is 431 g/mol. The predicted octanol–water partition coefficient (Wildman–Crippen LogP) is 4.68. The van der Waals surface area contributed by atoms with E-state index in [-0.39, 0.29) is 11.3 Å². The molecule has 0 spiro atoms. The smallest absolute Gasteiger partial charge is 0.296 e. The molecule has 1 aliphatic heterocycles. The molecule has 1 aliphatic rings. The van der Waals surface area contributed by atoms with Gasteiger partial charge in [0.15, 0.2) is 16.7 Å². The summed E-state index contributed by atoms with van der Waals surface area (Å²) in [5.41, 5.74) is 1.94. The molecule has 31 heavy (non-hydrogen) atoms. The van der Waals surface area contributed by atoms with Crippen LogP contribution in [-0.2, 0) is 4.79 Å². The third kappa shape index (κ3) is 3.03. The van der Waals surface area contributed by atoms with Crippen molar-refractivity contribution in [3.8, 4) is 0 Å². The van der Waals surface area contributed by atoms with Crippen molar-refractivity contribution in [3.63, 3.8) is 0 Å². The third-order valence-electron chi connectivity index (χ3n) is 5.35. The number of hydrogen-bond donors (Lipinski definition) is 1. The molecule has 0 bridgehead atoms. The van der Waals surface area contributed by atoms with Gasteiger partial charge in [0.25, 0.3) is 5.91 Å². The molecule has 1 unspecified atom stereocenters. The zero-order chi connectivity index (χ0) is 21.7. The van der Waals surface area contributed by atoms with Crippen molar-refractivity contribution >= 4 is 39.1 Å². The zero-order valence-corrected chi connectivity index (χ0v) is 17.5. The molecular weight excluding hydrogens is 414 g/mol. The Balaban J connectivity index is 1.66. The number of anilines is 1. The summed E-state index contributed by atoms with van der Waals surface area (Å²) in [6, 6.07) is 11.4. The Hall–Kier alpha value is -3.78. The number of ketones is 1. The number of fused-ring (bicyclic) bond motifs is 1. The molecule has 1 N–H and O–H groups in total. The van der Waals surface area contributed by atoms with E-state index in [2.05, 4.69) is 9.97 Å². The van der Waals surface area contributed by atoms with Crippen molar-refractivity contribution < 1.29 is 19.1 Å². The molecule has 8 heteroatoms. The van der Waals surface area contributed by atoms with Gasteiger partial charge in [-0.25, -0.2) is 4.98 Å². The Morgan fingerprint density at radius 2 is 1.90 bits per heavy atom. The number of benzene rings is 1. The number of nitrogens with zero attached hydrogens (tertiary/aromatic N) is 3. The molecule has 5 rings (SSSR count). The van der Waals surface area contributed by atoms with E-state index >= 15 is 0 Å². The van der Waals surface area contributed by atoms with E-state index in [1.807, 2.05) is 32.0 Å². The summed E-state index contributed by atoms with van der Waals surface area (Å²) in [5, 5.41) is 12.0. The molecule has 1 atom stereocenters. The van der Waals surface area contributed by atoms with Gasteiger partial charge in [0.2, 0.25) is 5.78 Å². The van der Waals surface area contributed by atoms with Gasteiger partial charge in [-0.15, -0.1) is 11.3 Å². The SMILES string of the molecule is Cc1nc(N2C(=O)C(O)=C(C(=O)c3cc4ccccc4o3)C2c2ccncc2)sc1C. The average Bonchev–Trinajstić information content (AvgIpc) is 3.43. The van der Waals surface area contributed by atoms with E-state index in [4.69, 9.17) is 4.42 Å². The Morgan fingerprint density at radius 3 is 2.58 bits per heavy atom. The zero-order valence-electron chi connectivity index (χ0n) is 16.7. The van der Waals surface area contributed by atoms with Gasteiger partial charge in [0.1, 0.15) is 5.58 Å². The van der Waals surface area contributed by atoms with Crippen LogP contribution in [0.1, 0.15) is 32.7 Å². The number of pyridine rings is 1. The Bertz CT molecular complexity index is 1320. The van der Waals surface area contributed by atoms with Crippen LogP contribution in [0.4, 0.5) is 5.13 Å². The number of aryl methyl sites for hydroxylation is 2. The number of carbonyl (C=O) groups is 2. The molecule has 154 valence electrons. The van der Waals surface area contributed by atoms with E-state index < -0.39 is 23.5 Å². The maximum absolute atomic E-state index is 13.5. The summed E-state index contributed by atoms with van der Waals surface area (Å²) in [6.45, 7) is 3.76. The summed E-state index contributed by atoms with van der Waals surface area (Å²) >= 11 is 1.34. The first-order chi connectivity index (χ1) is 15.0. The Morgan fingerprint density at radius 1 is 1.16 bits per heavy atom. The van der Waals surface area contributed by atoms with Gasteiger partial charge in [-0.3, -0.25) is 19.5 Å². The maximum atomic E-state index is 13.5. The highest BCUT2D eigenvalue weighted by Crippen LogP contribution is 2.43. The number of furan rings is 1. The summed E-state index contributed by atoms with van der Waals surface area (Å²) in [6.07, 6.45) is 3.16. The van der Waals surface area contributed by atoms with Gasteiger partial charge in [0.05, 0.1) is 17.3 Å². The lowest BCUT2D eigenvalue weighted by atomic mass is 9.96. The quantitative estimate of drug-likeness (QED) is 0.471. The summed E-state index contributed by atoms with van der Waals surface area (Å²) in [7, 11) is 0. The van der Waals surface area contributed by atoms with E-state index in [1.165, 1.54) is 16.2 Å². The van der Waals surface area contributed by atoms with Crippen LogP contribution >= 0.6 is 11.3 Å². The van der Waals surface area contributed by atoms with Crippen LogP contribution in [0, 0.1) is 13.8 Å². The molecule has 0 aliphatic carbocycles. The Labute approximate surface area is 181 Å². The van der Waals surface area contributed by atoms with Gasteiger partial charge in [0, 0.05) is 22.7 Å². The van der Waals surface area contributed by atoms with Crippen molar-refractivity contribution in [3.05, 3.63) is 88.1 Å². The first-order valence-electron chi connectivity index (χ1n) is 9.59. The number of para-hydroxylation sites is 1. The minimum absolute atomic E-state index is 0.0410. The largest absolute Gasteiger partial charge is 0.503 e. The lowest BCUT2D eigenvalue weighted by Crippen LogP contribution is -2.31. The van der Waals surface area contributed by atoms with Crippen molar-refractivity contribution in [1.29, 1.82) is 0 Å². The molecule has 4 aromatic rings. The number of rotatable bonds is 4. The number of Topliss-reactive ketones (excluding diaryl/α,β-unsaturated/α-hetero) is 1. The molecule has 0 saturated carbocycles. The number of aromatic nitrogens is 2. The van der Waals surface area contributed by atoms with E-state index in [9.17, 15) is 14.7 Å². The summed E-state index contributed by atoms with van der Waals surface area (Å²) in [4.78, 5) is 37.4. The fourth-order valence-electron chi connectivity index (χ4n) is 3.68. The van der Waals surface area contributed by atoms with Gasteiger partial charge >= 0.3 is 0 Å². The topological polar surface area (TPSA) is 96.5 Å². The monoisotopic (exact) mass is 431 g/mol. The molecule has 1 aromatic carbocycles. The fraction of sp³-hybridized carbons (Fsp3) is 0.130. The number of thiazole rings is 1. The van der Waals surface area contributed by atoms with E-state index in [0.717, 1.165) is 16.0 Å². The lowest BCUT2D eigenvalue weighted by molar-refractivity contribution is -0.117. The minimum Gasteiger partial charge on any atom is -0.503 e. The highest BCUT2D eigenvalue weighted by atomic mass is 32.1. The Kier molecular flexibility index (Phi) is 4.44. The summed E-state index contributed by atoms with van der Waals surface area (Å²) in [5.74, 6) is -1.76.